The summed E-state index contributed by atoms with van der Waals surface area (Å²) < 4.78 is 15.3. The molecule has 0 fully saturated rings. The number of rotatable bonds is 4. The molecule has 0 aliphatic carbocycles. The Morgan fingerprint density at radius 3 is 2.56 bits per heavy atom. The summed E-state index contributed by atoms with van der Waals surface area (Å²) in [6.07, 6.45) is -0.497. The number of carbonyl (C=O) groups excluding carboxylic acids is 1. The van der Waals surface area contributed by atoms with Crippen LogP contribution in [0, 0.1) is 0 Å². The zero-order valence-corrected chi connectivity index (χ0v) is 9.42. The van der Waals surface area contributed by atoms with Crippen LogP contribution in [0.1, 0.15) is 23.1 Å². The SMILES string of the molecule is CCOC(=O)c1ccc(CP(=O)(O)O)nn1. The molecule has 0 unspecified atom stereocenters. The van der Waals surface area contributed by atoms with Gasteiger partial charge in [-0.2, -0.15) is 5.10 Å². The fourth-order valence-electron chi connectivity index (χ4n) is 0.969. The normalized spacial score (nSPS) is 11.2. The topological polar surface area (TPSA) is 110 Å². The maximum absolute atomic E-state index is 11.2. The lowest BCUT2D eigenvalue weighted by atomic mass is 10.3. The molecule has 1 aromatic heterocycles. The van der Waals surface area contributed by atoms with Crippen molar-refractivity contribution < 1.29 is 23.9 Å². The molecule has 0 bridgehead atoms. The second kappa shape index (κ2) is 5.16. The Hall–Kier alpha value is -1.30. The molecule has 2 N–H and O–H groups in total. The van der Waals surface area contributed by atoms with Crippen LogP contribution in [0.25, 0.3) is 0 Å². The zero-order valence-electron chi connectivity index (χ0n) is 8.53. The Balaban J connectivity index is 2.75. The summed E-state index contributed by atoms with van der Waals surface area (Å²) in [6.45, 7) is 1.89. The standard InChI is InChI=1S/C8H11N2O5P/c1-2-15-8(11)7-4-3-6(9-10-7)5-16(12,13)14/h3-4H,2,5H2,1H3,(H2,12,13,14). The molecule has 1 heterocycles. The molecule has 1 aromatic rings. The van der Waals surface area contributed by atoms with Crippen LogP contribution in [0.3, 0.4) is 0 Å². The Morgan fingerprint density at radius 2 is 2.12 bits per heavy atom. The highest BCUT2D eigenvalue weighted by Gasteiger charge is 2.16. The highest BCUT2D eigenvalue weighted by Crippen LogP contribution is 2.38. The van der Waals surface area contributed by atoms with Crippen LogP contribution in [-0.4, -0.2) is 32.6 Å². The fourth-order valence-corrected chi connectivity index (χ4v) is 1.56. The minimum absolute atomic E-state index is 0.0105. The van der Waals surface area contributed by atoms with Gasteiger partial charge in [0.25, 0.3) is 0 Å². The van der Waals surface area contributed by atoms with Crippen molar-refractivity contribution in [2.24, 2.45) is 0 Å². The first-order valence-corrected chi connectivity index (χ1v) is 6.26. The van der Waals surface area contributed by atoms with Crippen molar-refractivity contribution in [3.8, 4) is 0 Å². The zero-order chi connectivity index (χ0) is 12.2. The monoisotopic (exact) mass is 246 g/mol. The maximum atomic E-state index is 11.2. The summed E-state index contributed by atoms with van der Waals surface area (Å²) in [6, 6.07) is 2.65. The number of carbonyl (C=O) groups is 1. The quantitative estimate of drug-likeness (QED) is 0.581. The molecule has 0 atom stereocenters. The van der Waals surface area contributed by atoms with Crippen molar-refractivity contribution >= 4 is 13.6 Å². The largest absolute Gasteiger partial charge is 0.461 e. The molecule has 7 nitrogen and oxygen atoms in total. The van der Waals surface area contributed by atoms with Gasteiger partial charge < -0.3 is 14.5 Å². The van der Waals surface area contributed by atoms with Crippen molar-refractivity contribution in [2.75, 3.05) is 6.61 Å². The van der Waals surface area contributed by atoms with Crippen molar-refractivity contribution in [3.05, 3.63) is 23.5 Å². The van der Waals surface area contributed by atoms with Crippen LogP contribution in [-0.2, 0) is 15.5 Å². The molecule has 8 heteroatoms. The molecule has 1 rings (SSSR count). The molecule has 0 spiro atoms. The van der Waals surface area contributed by atoms with Crippen LogP contribution >= 0.6 is 7.60 Å². The molecule has 0 radical (unpaired) electrons. The van der Waals surface area contributed by atoms with Crippen LogP contribution in [0.5, 0.6) is 0 Å². The van der Waals surface area contributed by atoms with E-state index < -0.39 is 19.7 Å². The van der Waals surface area contributed by atoms with Gasteiger partial charge in [-0.3, -0.25) is 4.57 Å². The number of nitrogens with zero attached hydrogens (tertiary/aromatic N) is 2. The smallest absolute Gasteiger partial charge is 0.358 e. The molecule has 0 aromatic carbocycles. The van der Waals surface area contributed by atoms with Crippen LogP contribution in [0.4, 0.5) is 0 Å². The molecule has 0 aliphatic rings. The van der Waals surface area contributed by atoms with Crippen molar-refractivity contribution in [1.82, 2.24) is 10.2 Å². The van der Waals surface area contributed by atoms with E-state index in [1.165, 1.54) is 12.1 Å². The summed E-state index contributed by atoms with van der Waals surface area (Å²) in [7, 11) is -4.16. The minimum Gasteiger partial charge on any atom is -0.461 e. The van der Waals surface area contributed by atoms with Gasteiger partial charge in [0.2, 0.25) is 0 Å². The van der Waals surface area contributed by atoms with E-state index in [0.29, 0.717) is 0 Å². The lowest BCUT2D eigenvalue weighted by Crippen LogP contribution is -2.08. The Labute approximate surface area is 91.6 Å². The van der Waals surface area contributed by atoms with Gasteiger partial charge in [0.15, 0.2) is 5.69 Å². The highest BCUT2D eigenvalue weighted by molar-refractivity contribution is 7.50. The third kappa shape index (κ3) is 4.06. The highest BCUT2D eigenvalue weighted by atomic mass is 31.2. The maximum Gasteiger partial charge on any atom is 0.358 e. The van der Waals surface area contributed by atoms with Crippen molar-refractivity contribution in [1.29, 1.82) is 0 Å². The molecule has 0 aliphatic heterocycles. The van der Waals surface area contributed by atoms with E-state index in [1.54, 1.807) is 6.92 Å². The third-order valence-electron chi connectivity index (χ3n) is 1.57. The van der Waals surface area contributed by atoms with Gasteiger partial charge in [-0.25, -0.2) is 4.79 Å². The first-order chi connectivity index (χ1) is 7.42. The van der Waals surface area contributed by atoms with Crippen LogP contribution < -0.4 is 0 Å². The van der Waals surface area contributed by atoms with E-state index in [-0.39, 0.29) is 18.0 Å². The Kier molecular flexibility index (Phi) is 4.12. The van der Waals surface area contributed by atoms with E-state index in [2.05, 4.69) is 14.9 Å². The molecule has 0 amide bonds. The number of esters is 1. The van der Waals surface area contributed by atoms with E-state index >= 15 is 0 Å². The Morgan fingerprint density at radius 1 is 1.44 bits per heavy atom. The number of hydrogen-bond acceptors (Lipinski definition) is 5. The lowest BCUT2D eigenvalue weighted by Gasteiger charge is -2.03. The average molecular weight is 246 g/mol. The van der Waals surface area contributed by atoms with E-state index in [0.717, 1.165) is 0 Å². The molecule has 0 saturated carbocycles. The van der Waals surface area contributed by atoms with Crippen molar-refractivity contribution in [3.63, 3.8) is 0 Å². The first kappa shape index (κ1) is 12.8. The third-order valence-corrected chi connectivity index (χ3v) is 2.31. The minimum atomic E-state index is -4.16. The van der Waals surface area contributed by atoms with Crippen LogP contribution in [0.2, 0.25) is 0 Å². The predicted molar refractivity (Wildman–Crippen MR) is 53.7 cm³/mol. The molecule has 0 saturated heterocycles. The molecule has 16 heavy (non-hydrogen) atoms. The van der Waals surface area contributed by atoms with Gasteiger partial charge in [-0.15, -0.1) is 5.10 Å². The summed E-state index contributed by atoms with van der Waals surface area (Å²) >= 11 is 0. The van der Waals surface area contributed by atoms with E-state index in [1.807, 2.05) is 0 Å². The summed E-state index contributed by atoms with van der Waals surface area (Å²) in [5.74, 6) is -0.613. The van der Waals surface area contributed by atoms with Gasteiger partial charge in [0.05, 0.1) is 18.5 Å². The summed E-state index contributed by atoms with van der Waals surface area (Å²) in [4.78, 5) is 28.5. The van der Waals surface area contributed by atoms with Gasteiger partial charge >= 0.3 is 13.6 Å². The summed E-state index contributed by atoms with van der Waals surface area (Å²) in [5, 5.41) is 7.04. The predicted octanol–water partition coefficient (Wildman–Crippen LogP) is 0.331. The average Bonchev–Trinajstić information content (AvgIpc) is 2.16. The second-order valence-corrected chi connectivity index (χ2v) is 4.60. The number of hydrogen-bond donors (Lipinski definition) is 2. The Bertz CT molecular complexity index is 413. The molecular weight excluding hydrogens is 235 g/mol. The van der Waals surface area contributed by atoms with Gasteiger partial charge in [-0.1, -0.05) is 0 Å². The first-order valence-electron chi connectivity index (χ1n) is 4.46. The number of aromatic nitrogens is 2. The van der Waals surface area contributed by atoms with E-state index in [9.17, 15) is 9.36 Å². The van der Waals surface area contributed by atoms with Crippen LogP contribution in [0.15, 0.2) is 12.1 Å². The van der Waals surface area contributed by atoms with Gasteiger partial charge in [0, 0.05) is 0 Å². The van der Waals surface area contributed by atoms with Gasteiger partial charge in [-0.05, 0) is 19.1 Å². The second-order valence-electron chi connectivity index (χ2n) is 2.95. The van der Waals surface area contributed by atoms with Gasteiger partial charge in [0.1, 0.15) is 0 Å². The summed E-state index contributed by atoms with van der Waals surface area (Å²) in [5.41, 5.74) is 0.137. The fraction of sp³-hybridized carbons (Fsp3) is 0.375. The molecular formula is C8H11N2O5P. The molecule has 88 valence electrons. The number of ether oxygens (including phenoxy) is 1. The lowest BCUT2D eigenvalue weighted by molar-refractivity contribution is 0.0518. The van der Waals surface area contributed by atoms with Crippen molar-refractivity contribution in [2.45, 2.75) is 13.1 Å². The van der Waals surface area contributed by atoms with E-state index in [4.69, 9.17) is 9.79 Å².